The number of carboxylic acid groups (broad SMARTS) is 1. The molecule has 7 nitrogen and oxygen atoms in total. The molecular formula is C18H18N4O3S. The van der Waals surface area contributed by atoms with Crippen LogP contribution in [-0.4, -0.2) is 25.8 Å². The summed E-state index contributed by atoms with van der Waals surface area (Å²) in [4.78, 5) is 28.7. The lowest BCUT2D eigenvalue weighted by atomic mass is 10.0. The molecule has 0 fully saturated rings. The van der Waals surface area contributed by atoms with Gasteiger partial charge in [-0.3, -0.25) is 9.78 Å². The third-order valence-corrected chi connectivity index (χ3v) is 4.75. The Morgan fingerprint density at radius 3 is 2.81 bits per heavy atom. The van der Waals surface area contributed by atoms with Crippen molar-refractivity contribution in [3.63, 3.8) is 0 Å². The molecule has 0 aliphatic heterocycles. The smallest absolute Gasteiger partial charge is 0.356 e. The van der Waals surface area contributed by atoms with Gasteiger partial charge in [0, 0.05) is 24.7 Å². The van der Waals surface area contributed by atoms with Crippen LogP contribution < -0.4 is 10.9 Å². The topological polar surface area (TPSA) is 97.1 Å². The van der Waals surface area contributed by atoms with Crippen LogP contribution in [0.5, 0.6) is 0 Å². The van der Waals surface area contributed by atoms with Crippen molar-refractivity contribution >= 4 is 28.7 Å². The zero-order valence-corrected chi connectivity index (χ0v) is 15.2. The number of hydrogen-bond acceptors (Lipinski definition) is 6. The van der Waals surface area contributed by atoms with Crippen molar-refractivity contribution in [3.05, 3.63) is 68.0 Å². The Kier molecular flexibility index (Phi) is 5.13. The maximum atomic E-state index is 12.9. The fourth-order valence-electron chi connectivity index (χ4n) is 2.62. The number of aromatic nitrogens is 3. The summed E-state index contributed by atoms with van der Waals surface area (Å²) in [6.45, 7) is 3.91. The second-order valence-corrected chi connectivity index (χ2v) is 6.53. The van der Waals surface area contributed by atoms with Gasteiger partial charge < -0.3 is 10.4 Å². The molecule has 26 heavy (non-hydrogen) atoms. The number of carboxylic acids is 1. The van der Waals surface area contributed by atoms with E-state index in [-0.39, 0.29) is 23.5 Å². The first-order chi connectivity index (χ1) is 12.5. The summed E-state index contributed by atoms with van der Waals surface area (Å²) in [6.07, 6.45) is 3.58. The van der Waals surface area contributed by atoms with Crippen LogP contribution in [0.1, 0.15) is 34.1 Å². The molecule has 2 N–H and O–H groups in total. The van der Waals surface area contributed by atoms with Gasteiger partial charge in [-0.1, -0.05) is 0 Å². The Morgan fingerprint density at radius 2 is 2.19 bits per heavy atom. The predicted molar refractivity (Wildman–Crippen MR) is 101 cm³/mol. The van der Waals surface area contributed by atoms with Crippen molar-refractivity contribution in [2.45, 2.75) is 26.8 Å². The molecule has 8 heteroatoms. The molecule has 134 valence electrons. The highest BCUT2D eigenvalue weighted by atomic mass is 32.1. The molecule has 0 aromatic carbocycles. The van der Waals surface area contributed by atoms with E-state index in [1.807, 2.05) is 29.8 Å². The minimum Gasteiger partial charge on any atom is -0.476 e. The molecule has 3 heterocycles. The summed E-state index contributed by atoms with van der Waals surface area (Å²) in [7, 11) is 0. The highest BCUT2D eigenvalue weighted by molar-refractivity contribution is 7.07. The van der Waals surface area contributed by atoms with Crippen LogP contribution in [0.2, 0.25) is 0 Å². The SMILES string of the molecule is CCn1nc(C(=O)O)c(Cc2ccsc2)c(Nc2cnccc2C)c1=O. The summed E-state index contributed by atoms with van der Waals surface area (Å²) in [6, 6.07) is 3.72. The molecule has 0 atom stereocenters. The van der Waals surface area contributed by atoms with Crippen molar-refractivity contribution in [1.82, 2.24) is 14.8 Å². The molecule has 0 amide bonds. The van der Waals surface area contributed by atoms with E-state index in [0.717, 1.165) is 15.8 Å². The minimum atomic E-state index is -1.16. The van der Waals surface area contributed by atoms with Crippen molar-refractivity contribution in [3.8, 4) is 0 Å². The lowest BCUT2D eigenvalue weighted by Gasteiger charge is -2.16. The second kappa shape index (κ2) is 7.49. The first-order valence-electron chi connectivity index (χ1n) is 8.07. The molecule has 3 rings (SSSR count). The number of aromatic carboxylic acids is 1. The van der Waals surface area contributed by atoms with E-state index in [0.29, 0.717) is 17.7 Å². The monoisotopic (exact) mass is 370 g/mol. The van der Waals surface area contributed by atoms with Gasteiger partial charge in [-0.2, -0.15) is 16.4 Å². The maximum absolute atomic E-state index is 12.9. The molecule has 0 saturated carbocycles. The molecule has 3 aromatic heterocycles. The van der Waals surface area contributed by atoms with Gasteiger partial charge >= 0.3 is 5.97 Å². The summed E-state index contributed by atoms with van der Waals surface area (Å²) in [5, 5.41) is 20.6. The Balaban J connectivity index is 2.21. The third kappa shape index (κ3) is 3.50. The summed E-state index contributed by atoms with van der Waals surface area (Å²) in [5.41, 5.74) is 2.60. The quantitative estimate of drug-likeness (QED) is 0.692. The molecule has 0 aliphatic rings. The van der Waals surface area contributed by atoms with Crippen molar-refractivity contribution in [2.75, 3.05) is 5.32 Å². The lowest BCUT2D eigenvalue weighted by molar-refractivity contribution is 0.0686. The number of rotatable bonds is 6. The van der Waals surface area contributed by atoms with Crippen LogP contribution in [0.3, 0.4) is 0 Å². The largest absolute Gasteiger partial charge is 0.476 e. The molecule has 0 bridgehead atoms. The van der Waals surface area contributed by atoms with Crippen LogP contribution in [0, 0.1) is 6.92 Å². The van der Waals surface area contributed by atoms with Gasteiger partial charge in [0.25, 0.3) is 5.56 Å². The molecule has 0 spiro atoms. The molecule has 0 aliphatic carbocycles. The standard InChI is InChI=1S/C18H18N4O3S/c1-3-22-17(23)15(20-14-9-19-6-4-11(14)2)13(16(21-22)18(24)25)8-12-5-7-26-10-12/h4-7,9-10,20H,3,8H2,1-2H3,(H,24,25). The Hall–Kier alpha value is -3.00. The zero-order chi connectivity index (χ0) is 18.7. The van der Waals surface area contributed by atoms with Crippen LogP contribution in [0.15, 0.2) is 40.1 Å². The Morgan fingerprint density at radius 1 is 1.38 bits per heavy atom. The van der Waals surface area contributed by atoms with E-state index in [9.17, 15) is 14.7 Å². The Labute approximate surface area is 154 Å². The maximum Gasteiger partial charge on any atom is 0.356 e. The fraction of sp³-hybridized carbons (Fsp3) is 0.222. The average Bonchev–Trinajstić information content (AvgIpc) is 3.12. The summed E-state index contributed by atoms with van der Waals surface area (Å²) >= 11 is 1.52. The molecule has 0 saturated heterocycles. The minimum absolute atomic E-state index is 0.123. The number of thiophene rings is 1. The van der Waals surface area contributed by atoms with E-state index in [4.69, 9.17) is 0 Å². The Bertz CT molecular complexity index is 996. The molecule has 0 unspecified atom stereocenters. The lowest BCUT2D eigenvalue weighted by Crippen LogP contribution is -2.29. The van der Waals surface area contributed by atoms with Gasteiger partial charge in [-0.25, -0.2) is 9.48 Å². The first kappa shape index (κ1) is 17.8. The van der Waals surface area contributed by atoms with Crippen molar-refractivity contribution in [1.29, 1.82) is 0 Å². The van der Waals surface area contributed by atoms with E-state index in [2.05, 4.69) is 15.4 Å². The van der Waals surface area contributed by atoms with Gasteiger partial charge in [-0.05, 0) is 47.9 Å². The number of pyridine rings is 1. The zero-order valence-electron chi connectivity index (χ0n) is 14.4. The molecule has 3 aromatic rings. The van der Waals surface area contributed by atoms with Crippen LogP contribution in [0.25, 0.3) is 0 Å². The van der Waals surface area contributed by atoms with E-state index in [1.54, 1.807) is 19.3 Å². The van der Waals surface area contributed by atoms with Crippen molar-refractivity contribution < 1.29 is 9.90 Å². The highest BCUT2D eigenvalue weighted by Crippen LogP contribution is 2.25. The first-order valence-corrected chi connectivity index (χ1v) is 9.01. The number of anilines is 2. The molecule has 0 radical (unpaired) electrons. The average molecular weight is 370 g/mol. The molecular weight excluding hydrogens is 352 g/mol. The predicted octanol–water partition coefficient (Wildman–Crippen LogP) is 3.06. The van der Waals surface area contributed by atoms with Gasteiger partial charge in [0.05, 0.1) is 11.9 Å². The van der Waals surface area contributed by atoms with Crippen LogP contribution in [-0.2, 0) is 13.0 Å². The van der Waals surface area contributed by atoms with Crippen LogP contribution in [0.4, 0.5) is 11.4 Å². The van der Waals surface area contributed by atoms with E-state index in [1.165, 1.54) is 11.3 Å². The van der Waals surface area contributed by atoms with Gasteiger partial charge in [0.15, 0.2) is 5.69 Å². The highest BCUT2D eigenvalue weighted by Gasteiger charge is 2.22. The summed E-state index contributed by atoms with van der Waals surface area (Å²) < 4.78 is 1.16. The van der Waals surface area contributed by atoms with Crippen LogP contribution >= 0.6 is 11.3 Å². The van der Waals surface area contributed by atoms with Crippen molar-refractivity contribution in [2.24, 2.45) is 0 Å². The number of carbonyl (C=O) groups is 1. The fourth-order valence-corrected chi connectivity index (χ4v) is 3.29. The van der Waals surface area contributed by atoms with Gasteiger partial charge in [-0.15, -0.1) is 0 Å². The van der Waals surface area contributed by atoms with Gasteiger partial charge in [0.2, 0.25) is 0 Å². The number of hydrogen-bond donors (Lipinski definition) is 2. The third-order valence-electron chi connectivity index (χ3n) is 4.02. The number of aryl methyl sites for hydroxylation is 2. The summed E-state index contributed by atoms with van der Waals surface area (Å²) in [5.74, 6) is -1.16. The van der Waals surface area contributed by atoms with E-state index >= 15 is 0 Å². The second-order valence-electron chi connectivity index (χ2n) is 5.75. The number of nitrogens with one attached hydrogen (secondary N) is 1. The van der Waals surface area contributed by atoms with Gasteiger partial charge in [0.1, 0.15) is 5.69 Å². The van der Waals surface area contributed by atoms with E-state index < -0.39 is 5.97 Å². The normalized spacial score (nSPS) is 10.7. The number of nitrogens with zero attached hydrogens (tertiary/aromatic N) is 3.